The molecule has 2 rings (SSSR count). The number of thiazole rings is 1. The summed E-state index contributed by atoms with van der Waals surface area (Å²) >= 11 is 1.83. The molecule has 2 unspecified atom stereocenters. The SMILES string of the molecule is COCCNCc1sc(N2CC(C)CC2C)nc1C. The smallest absolute Gasteiger partial charge is 0.186 e. The number of aromatic nitrogens is 1. The first-order valence-corrected chi connectivity index (χ1v) is 7.86. The summed E-state index contributed by atoms with van der Waals surface area (Å²) in [6.45, 7) is 10.4. The minimum absolute atomic E-state index is 0.620. The van der Waals surface area contributed by atoms with E-state index in [1.54, 1.807) is 7.11 Å². The minimum Gasteiger partial charge on any atom is -0.383 e. The molecule has 2 heterocycles. The first kappa shape index (κ1) is 14.8. The van der Waals surface area contributed by atoms with Gasteiger partial charge in [0.2, 0.25) is 0 Å². The maximum atomic E-state index is 5.04. The molecule has 0 aromatic carbocycles. The third kappa shape index (κ3) is 3.68. The van der Waals surface area contributed by atoms with Gasteiger partial charge in [-0.1, -0.05) is 6.92 Å². The third-order valence-electron chi connectivity index (χ3n) is 3.68. The van der Waals surface area contributed by atoms with Gasteiger partial charge in [-0.15, -0.1) is 11.3 Å². The lowest BCUT2D eigenvalue weighted by Crippen LogP contribution is -2.26. The fourth-order valence-electron chi connectivity index (χ4n) is 2.64. The number of methoxy groups -OCH3 is 1. The van der Waals surface area contributed by atoms with Crippen molar-refractivity contribution in [2.45, 2.75) is 39.8 Å². The van der Waals surface area contributed by atoms with Crippen molar-refractivity contribution in [1.82, 2.24) is 10.3 Å². The first-order chi connectivity index (χ1) is 9.11. The van der Waals surface area contributed by atoms with Crippen LogP contribution < -0.4 is 10.2 Å². The lowest BCUT2D eigenvalue weighted by molar-refractivity contribution is 0.199. The van der Waals surface area contributed by atoms with Crippen LogP contribution in [0.5, 0.6) is 0 Å². The number of aryl methyl sites for hydroxylation is 1. The molecule has 0 radical (unpaired) electrons. The Balaban J connectivity index is 1.96. The molecule has 4 nitrogen and oxygen atoms in total. The van der Waals surface area contributed by atoms with Gasteiger partial charge in [-0.2, -0.15) is 0 Å². The standard InChI is InChI=1S/C14H25N3OS/c1-10-7-11(2)17(9-10)14-16-12(3)13(19-14)8-15-5-6-18-4/h10-11,15H,5-9H2,1-4H3. The van der Waals surface area contributed by atoms with Gasteiger partial charge < -0.3 is 15.0 Å². The Morgan fingerprint density at radius 1 is 1.47 bits per heavy atom. The van der Waals surface area contributed by atoms with E-state index in [1.807, 2.05) is 11.3 Å². The van der Waals surface area contributed by atoms with Crippen molar-refractivity contribution in [1.29, 1.82) is 0 Å². The maximum Gasteiger partial charge on any atom is 0.186 e. The van der Waals surface area contributed by atoms with Crippen molar-refractivity contribution >= 4 is 16.5 Å². The van der Waals surface area contributed by atoms with Crippen LogP contribution in [0.3, 0.4) is 0 Å². The number of rotatable bonds is 6. The number of nitrogens with one attached hydrogen (secondary N) is 1. The van der Waals surface area contributed by atoms with Gasteiger partial charge in [0, 0.05) is 37.7 Å². The van der Waals surface area contributed by atoms with Crippen molar-refractivity contribution < 1.29 is 4.74 Å². The molecular weight excluding hydrogens is 258 g/mol. The van der Waals surface area contributed by atoms with E-state index < -0.39 is 0 Å². The van der Waals surface area contributed by atoms with Gasteiger partial charge in [0.05, 0.1) is 12.3 Å². The molecule has 1 aliphatic heterocycles. The van der Waals surface area contributed by atoms with Crippen LogP contribution in [0.25, 0.3) is 0 Å². The summed E-state index contributed by atoms with van der Waals surface area (Å²) in [5, 5.41) is 4.59. The predicted octanol–water partition coefficient (Wildman–Crippen LogP) is 2.42. The molecule has 1 aliphatic rings. The van der Waals surface area contributed by atoms with Gasteiger partial charge in [0.25, 0.3) is 0 Å². The van der Waals surface area contributed by atoms with E-state index in [0.717, 1.165) is 37.9 Å². The lowest BCUT2D eigenvalue weighted by atomic mass is 10.1. The highest BCUT2D eigenvalue weighted by Crippen LogP contribution is 2.33. The van der Waals surface area contributed by atoms with E-state index in [1.165, 1.54) is 16.4 Å². The summed E-state index contributed by atoms with van der Waals surface area (Å²) in [6, 6.07) is 0.620. The van der Waals surface area contributed by atoms with Gasteiger partial charge in [-0.25, -0.2) is 4.98 Å². The van der Waals surface area contributed by atoms with Gasteiger partial charge in [0.1, 0.15) is 0 Å². The quantitative estimate of drug-likeness (QED) is 0.814. The average molecular weight is 283 g/mol. The van der Waals surface area contributed by atoms with Crippen LogP contribution in [0.15, 0.2) is 0 Å². The first-order valence-electron chi connectivity index (χ1n) is 7.04. The predicted molar refractivity (Wildman–Crippen MR) is 81.0 cm³/mol. The zero-order valence-electron chi connectivity index (χ0n) is 12.4. The summed E-state index contributed by atoms with van der Waals surface area (Å²) in [6.07, 6.45) is 1.28. The Labute approximate surface area is 120 Å². The molecule has 1 fully saturated rings. The number of hydrogen-bond donors (Lipinski definition) is 1. The second-order valence-electron chi connectivity index (χ2n) is 5.52. The summed E-state index contributed by atoms with van der Waals surface area (Å²) in [5.41, 5.74) is 1.16. The molecule has 1 aromatic heterocycles. The zero-order valence-corrected chi connectivity index (χ0v) is 13.2. The van der Waals surface area contributed by atoms with Crippen LogP contribution in [-0.2, 0) is 11.3 Å². The minimum atomic E-state index is 0.620. The van der Waals surface area contributed by atoms with Crippen LogP contribution in [-0.4, -0.2) is 37.8 Å². The molecule has 1 saturated heterocycles. The Kier molecular flexibility index (Phi) is 5.19. The Morgan fingerprint density at radius 2 is 2.26 bits per heavy atom. The number of hydrogen-bond acceptors (Lipinski definition) is 5. The van der Waals surface area contributed by atoms with Gasteiger partial charge in [-0.3, -0.25) is 0 Å². The molecule has 0 bridgehead atoms. The maximum absolute atomic E-state index is 5.04. The van der Waals surface area contributed by atoms with Crippen LogP contribution in [0.1, 0.15) is 30.8 Å². The van der Waals surface area contributed by atoms with E-state index >= 15 is 0 Å². The Hall–Kier alpha value is -0.650. The largest absolute Gasteiger partial charge is 0.383 e. The van der Waals surface area contributed by atoms with E-state index in [2.05, 4.69) is 31.0 Å². The van der Waals surface area contributed by atoms with Crippen molar-refractivity contribution in [3.63, 3.8) is 0 Å². The summed E-state index contributed by atoms with van der Waals surface area (Å²) in [5.74, 6) is 0.780. The Bertz CT molecular complexity index is 407. The Morgan fingerprint density at radius 3 is 2.89 bits per heavy atom. The number of nitrogens with zero attached hydrogens (tertiary/aromatic N) is 2. The molecule has 0 spiro atoms. The van der Waals surface area contributed by atoms with Crippen molar-refractivity contribution in [2.24, 2.45) is 5.92 Å². The monoisotopic (exact) mass is 283 g/mol. The van der Waals surface area contributed by atoms with Crippen molar-refractivity contribution in [2.75, 3.05) is 31.7 Å². The number of ether oxygens (including phenoxy) is 1. The zero-order chi connectivity index (χ0) is 13.8. The molecule has 0 aliphatic carbocycles. The summed E-state index contributed by atoms with van der Waals surface area (Å²) in [7, 11) is 1.73. The van der Waals surface area contributed by atoms with Crippen molar-refractivity contribution in [3.05, 3.63) is 10.6 Å². The second kappa shape index (κ2) is 6.68. The molecule has 108 valence electrons. The second-order valence-corrected chi connectivity index (χ2v) is 6.58. The molecule has 0 saturated carbocycles. The highest BCUT2D eigenvalue weighted by molar-refractivity contribution is 7.15. The molecular formula is C14H25N3OS. The normalized spacial score (nSPS) is 23.3. The van der Waals surface area contributed by atoms with Gasteiger partial charge in [-0.05, 0) is 26.2 Å². The number of anilines is 1. The van der Waals surface area contributed by atoms with Gasteiger partial charge in [0.15, 0.2) is 5.13 Å². The summed E-state index contributed by atoms with van der Waals surface area (Å²) < 4.78 is 5.04. The molecule has 19 heavy (non-hydrogen) atoms. The average Bonchev–Trinajstić information content (AvgIpc) is 2.88. The highest BCUT2D eigenvalue weighted by Gasteiger charge is 2.28. The van der Waals surface area contributed by atoms with E-state index in [0.29, 0.717) is 6.04 Å². The summed E-state index contributed by atoms with van der Waals surface area (Å²) in [4.78, 5) is 8.55. The molecule has 1 N–H and O–H groups in total. The molecule has 5 heteroatoms. The lowest BCUT2D eigenvalue weighted by Gasteiger charge is -2.19. The van der Waals surface area contributed by atoms with Crippen LogP contribution in [0.2, 0.25) is 0 Å². The van der Waals surface area contributed by atoms with Crippen LogP contribution >= 0.6 is 11.3 Å². The van der Waals surface area contributed by atoms with Crippen molar-refractivity contribution in [3.8, 4) is 0 Å². The van der Waals surface area contributed by atoms with Gasteiger partial charge >= 0.3 is 0 Å². The van der Waals surface area contributed by atoms with E-state index in [4.69, 9.17) is 9.72 Å². The van der Waals surface area contributed by atoms with Crippen LogP contribution in [0.4, 0.5) is 5.13 Å². The third-order valence-corrected chi connectivity index (χ3v) is 4.87. The van der Waals surface area contributed by atoms with Crippen LogP contribution in [0, 0.1) is 12.8 Å². The highest BCUT2D eigenvalue weighted by atomic mass is 32.1. The molecule has 2 atom stereocenters. The van der Waals surface area contributed by atoms with E-state index in [9.17, 15) is 0 Å². The topological polar surface area (TPSA) is 37.4 Å². The van der Waals surface area contributed by atoms with E-state index in [-0.39, 0.29) is 0 Å². The fourth-order valence-corrected chi connectivity index (χ4v) is 3.78. The molecule has 1 aromatic rings. The molecule has 0 amide bonds. The fraction of sp³-hybridized carbons (Fsp3) is 0.786.